The quantitative estimate of drug-likeness (QED) is 0.486. The van der Waals surface area contributed by atoms with Crippen molar-refractivity contribution in [2.45, 2.75) is 10.8 Å². The van der Waals surface area contributed by atoms with E-state index in [4.69, 9.17) is 32.7 Å². The first-order valence-corrected chi connectivity index (χ1v) is 9.47. The van der Waals surface area contributed by atoms with Crippen LogP contribution in [0, 0.1) is 0 Å². The van der Waals surface area contributed by atoms with Crippen LogP contribution in [0.25, 0.3) is 11.3 Å². The van der Waals surface area contributed by atoms with E-state index < -0.39 is 0 Å². The summed E-state index contributed by atoms with van der Waals surface area (Å²) in [5.41, 5.74) is 2.60. The second-order valence-corrected chi connectivity index (χ2v) is 7.19. The first-order valence-electron chi connectivity index (χ1n) is 7.73. The summed E-state index contributed by atoms with van der Waals surface area (Å²) in [5, 5.41) is 10.7. The van der Waals surface area contributed by atoms with Crippen LogP contribution >= 0.6 is 35.0 Å². The number of hydrogen-bond acceptors (Lipinski definition) is 5. The highest BCUT2D eigenvalue weighted by molar-refractivity contribution is 7.98. The van der Waals surface area contributed by atoms with Crippen molar-refractivity contribution < 1.29 is 9.47 Å². The number of thioether (sulfide) groups is 1. The van der Waals surface area contributed by atoms with E-state index in [1.165, 1.54) is 0 Å². The summed E-state index contributed by atoms with van der Waals surface area (Å²) in [6, 6.07) is 14.9. The number of ether oxygens (including phenoxy) is 2. The zero-order chi connectivity index (χ0) is 18.5. The monoisotopic (exact) mass is 406 g/mol. The van der Waals surface area contributed by atoms with Gasteiger partial charge in [-0.25, -0.2) is 0 Å². The van der Waals surface area contributed by atoms with Gasteiger partial charge >= 0.3 is 0 Å². The van der Waals surface area contributed by atoms with Gasteiger partial charge < -0.3 is 9.47 Å². The molecule has 0 aliphatic rings. The van der Waals surface area contributed by atoms with Crippen LogP contribution in [0.3, 0.4) is 0 Å². The van der Waals surface area contributed by atoms with E-state index in [-0.39, 0.29) is 0 Å². The van der Waals surface area contributed by atoms with Gasteiger partial charge in [0.1, 0.15) is 16.5 Å². The molecule has 2 aromatic carbocycles. The van der Waals surface area contributed by atoms with Gasteiger partial charge in [-0.15, -0.1) is 10.2 Å². The molecule has 134 valence electrons. The molecule has 1 aromatic heterocycles. The smallest absolute Gasteiger partial charge is 0.132 e. The Morgan fingerprint density at radius 1 is 0.923 bits per heavy atom. The zero-order valence-corrected chi connectivity index (χ0v) is 16.5. The second-order valence-electron chi connectivity index (χ2n) is 5.35. The minimum atomic E-state index is 0.626. The van der Waals surface area contributed by atoms with Crippen molar-refractivity contribution >= 4 is 35.0 Å². The molecule has 0 N–H and O–H groups in total. The van der Waals surface area contributed by atoms with Crippen LogP contribution in [0.15, 0.2) is 53.6 Å². The van der Waals surface area contributed by atoms with E-state index in [1.807, 2.05) is 42.5 Å². The third kappa shape index (κ3) is 4.41. The summed E-state index contributed by atoms with van der Waals surface area (Å²) >= 11 is 13.7. The molecular weight excluding hydrogens is 391 g/mol. The third-order valence-corrected chi connectivity index (χ3v) is 5.27. The highest BCUT2D eigenvalue weighted by Crippen LogP contribution is 2.33. The molecule has 0 aliphatic heterocycles. The van der Waals surface area contributed by atoms with Crippen molar-refractivity contribution in [2.75, 3.05) is 14.2 Å². The fraction of sp³-hybridized carbons (Fsp3) is 0.158. The SMILES string of the molecule is COc1ccc(-c2ccc(SCc3ccc(Cl)cc3Cl)nn2)c(OC)c1. The molecule has 0 radical (unpaired) electrons. The number of benzene rings is 2. The second kappa shape index (κ2) is 8.62. The lowest BCUT2D eigenvalue weighted by Gasteiger charge is -2.10. The van der Waals surface area contributed by atoms with E-state index in [2.05, 4.69) is 10.2 Å². The first kappa shape index (κ1) is 18.8. The maximum Gasteiger partial charge on any atom is 0.132 e. The van der Waals surface area contributed by atoms with Gasteiger partial charge in [-0.2, -0.15) is 0 Å². The van der Waals surface area contributed by atoms with E-state index in [9.17, 15) is 0 Å². The standard InChI is InChI=1S/C19H16Cl2N2O2S/c1-24-14-5-6-15(18(10-14)25-2)17-7-8-19(23-22-17)26-11-12-3-4-13(20)9-16(12)21/h3-10H,11H2,1-2H3. The molecule has 0 aliphatic carbocycles. The van der Waals surface area contributed by atoms with E-state index in [0.29, 0.717) is 21.5 Å². The van der Waals surface area contributed by atoms with E-state index >= 15 is 0 Å². The van der Waals surface area contributed by atoms with Gasteiger partial charge in [0.2, 0.25) is 0 Å². The largest absolute Gasteiger partial charge is 0.497 e. The van der Waals surface area contributed by atoms with Gasteiger partial charge in [0.05, 0.1) is 19.9 Å². The molecule has 26 heavy (non-hydrogen) atoms. The van der Waals surface area contributed by atoms with Gasteiger partial charge in [-0.1, -0.05) is 41.0 Å². The zero-order valence-electron chi connectivity index (χ0n) is 14.2. The molecule has 0 atom stereocenters. The van der Waals surface area contributed by atoms with Crippen LogP contribution in [0.2, 0.25) is 10.0 Å². The summed E-state index contributed by atoms with van der Waals surface area (Å²) in [5.74, 6) is 2.10. The Morgan fingerprint density at radius 3 is 2.42 bits per heavy atom. The molecule has 0 saturated heterocycles. The first-order chi connectivity index (χ1) is 12.6. The molecule has 0 saturated carbocycles. The Balaban J connectivity index is 1.74. The molecule has 3 rings (SSSR count). The fourth-order valence-corrected chi connectivity index (χ4v) is 3.71. The minimum absolute atomic E-state index is 0.626. The molecule has 0 amide bonds. The lowest BCUT2D eigenvalue weighted by atomic mass is 10.1. The van der Waals surface area contributed by atoms with Crippen molar-refractivity contribution in [1.29, 1.82) is 0 Å². The van der Waals surface area contributed by atoms with Crippen LogP contribution in [0.5, 0.6) is 11.5 Å². The number of hydrogen-bond donors (Lipinski definition) is 0. The Labute approximate surface area is 166 Å². The van der Waals surface area contributed by atoms with Crippen LogP contribution in [0.4, 0.5) is 0 Å². The van der Waals surface area contributed by atoms with E-state index in [1.54, 1.807) is 32.0 Å². The summed E-state index contributed by atoms with van der Waals surface area (Å²) in [6.07, 6.45) is 0. The molecular formula is C19H16Cl2N2O2S. The predicted molar refractivity (Wildman–Crippen MR) is 107 cm³/mol. The predicted octanol–water partition coefficient (Wildman–Crippen LogP) is 5.76. The molecule has 3 aromatic rings. The average molecular weight is 407 g/mol. The third-order valence-electron chi connectivity index (χ3n) is 3.72. The van der Waals surface area contributed by atoms with Crippen molar-refractivity contribution in [3.63, 3.8) is 0 Å². The van der Waals surface area contributed by atoms with Crippen LogP contribution in [-0.4, -0.2) is 24.4 Å². The van der Waals surface area contributed by atoms with Crippen LogP contribution < -0.4 is 9.47 Å². The fourth-order valence-electron chi connectivity index (χ4n) is 2.34. The topological polar surface area (TPSA) is 44.2 Å². The maximum atomic E-state index is 6.20. The van der Waals surface area contributed by atoms with Gasteiger partial charge in [-0.05, 0) is 42.0 Å². The number of aromatic nitrogens is 2. The Kier molecular flexibility index (Phi) is 6.25. The Morgan fingerprint density at radius 2 is 1.77 bits per heavy atom. The molecule has 1 heterocycles. The highest BCUT2D eigenvalue weighted by Gasteiger charge is 2.10. The molecule has 7 heteroatoms. The Hall–Kier alpha value is -1.95. The number of nitrogens with zero attached hydrogens (tertiary/aromatic N) is 2. The van der Waals surface area contributed by atoms with Gasteiger partial charge in [-0.3, -0.25) is 0 Å². The molecule has 4 nitrogen and oxygen atoms in total. The Bertz CT molecular complexity index is 905. The van der Waals surface area contributed by atoms with Crippen LogP contribution in [0.1, 0.15) is 5.56 Å². The average Bonchev–Trinajstić information content (AvgIpc) is 2.67. The van der Waals surface area contributed by atoms with Crippen LogP contribution in [-0.2, 0) is 5.75 Å². The lowest BCUT2D eigenvalue weighted by molar-refractivity contribution is 0.395. The van der Waals surface area contributed by atoms with Gasteiger partial charge in [0, 0.05) is 27.4 Å². The van der Waals surface area contributed by atoms with Crippen molar-refractivity contribution in [2.24, 2.45) is 0 Å². The van der Waals surface area contributed by atoms with Crippen molar-refractivity contribution in [3.05, 3.63) is 64.1 Å². The normalized spacial score (nSPS) is 10.6. The lowest BCUT2D eigenvalue weighted by Crippen LogP contribution is -1.94. The maximum absolute atomic E-state index is 6.20. The summed E-state index contributed by atoms with van der Waals surface area (Å²) in [7, 11) is 3.24. The summed E-state index contributed by atoms with van der Waals surface area (Å²) in [6.45, 7) is 0. The van der Waals surface area contributed by atoms with Crippen molar-refractivity contribution in [3.8, 4) is 22.8 Å². The number of methoxy groups -OCH3 is 2. The minimum Gasteiger partial charge on any atom is -0.497 e. The molecule has 0 spiro atoms. The van der Waals surface area contributed by atoms with Crippen molar-refractivity contribution in [1.82, 2.24) is 10.2 Å². The van der Waals surface area contributed by atoms with Gasteiger partial charge in [0.25, 0.3) is 0 Å². The van der Waals surface area contributed by atoms with Gasteiger partial charge in [0.15, 0.2) is 0 Å². The molecule has 0 fully saturated rings. The molecule has 0 unspecified atom stereocenters. The summed E-state index contributed by atoms with van der Waals surface area (Å²) < 4.78 is 10.6. The highest BCUT2D eigenvalue weighted by atomic mass is 35.5. The summed E-state index contributed by atoms with van der Waals surface area (Å²) in [4.78, 5) is 0. The molecule has 0 bridgehead atoms. The number of halogens is 2. The van der Waals surface area contributed by atoms with E-state index in [0.717, 1.165) is 27.6 Å². The number of rotatable bonds is 6.